The lowest BCUT2D eigenvalue weighted by atomic mass is 10.1. The van der Waals surface area contributed by atoms with Crippen molar-refractivity contribution >= 4 is 22.7 Å². The minimum Gasteiger partial charge on any atom is -0.496 e. The Balaban J connectivity index is 1.66. The molecule has 0 aliphatic carbocycles. The summed E-state index contributed by atoms with van der Waals surface area (Å²) in [5, 5.41) is 0.835. The zero-order valence-electron chi connectivity index (χ0n) is 14.1. The van der Waals surface area contributed by atoms with Gasteiger partial charge in [0.05, 0.1) is 19.1 Å². The maximum Gasteiger partial charge on any atom is 0.271 e. The average molecular weight is 337 g/mol. The molecule has 6 nitrogen and oxygen atoms in total. The SMILES string of the molecule is COc1ccccc1CC(=O)NNC(=O)c1cn(C)c2ccccc12. The van der Waals surface area contributed by atoms with Gasteiger partial charge in [0, 0.05) is 29.7 Å². The topological polar surface area (TPSA) is 72.4 Å². The van der Waals surface area contributed by atoms with Crippen LogP contribution in [0.4, 0.5) is 0 Å². The summed E-state index contributed by atoms with van der Waals surface area (Å²) in [7, 11) is 3.43. The Bertz CT molecular complexity index is 931. The molecule has 128 valence electrons. The van der Waals surface area contributed by atoms with Gasteiger partial charge in [0.1, 0.15) is 5.75 Å². The quantitative estimate of drug-likeness (QED) is 0.717. The van der Waals surface area contributed by atoms with Crippen molar-refractivity contribution in [1.82, 2.24) is 15.4 Å². The van der Waals surface area contributed by atoms with Crippen LogP contribution in [0.1, 0.15) is 15.9 Å². The van der Waals surface area contributed by atoms with E-state index in [1.807, 2.05) is 54.1 Å². The van der Waals surface area contributed by atoms with Crippen LogP contribution in [-0.4, -0.2) is 23.5 Å². The fourth-order valence-electron chi connectivity index (χ4n) is 2.78. The van der Waals surface area contributed by atoms with Crippen molar-refractivity contribution in [3.8, 4) is 5.75 Å². The molecule has 1 aromatic heterocycles. The van der Waals surface area contributed by atoms with Gasteiger partial charge in [-0.3, -0.25) is 20.4 Å². The minimum atomic E-state index is -0.356. The van der Waals surface area contributed by atoms with Crippen LogP contribution in [0.15, 0.2) is 54.7 Å². The van der Waals surface area contributed by atoms with E-state index in [0.29, 0.717) is 11.3 Å². The van der Waals surface area contributed by atoms with Crippen molar-refractivity contribution < 1.29 is 14.3 Å². The van der Waals surface area contributed by atoms with E-state index in [1.54, 1.807) is 19.4 Å². The third-order valence-electron chi connectivity index (χ3n) is 4.00. The van der Waals surface area contributed by atoms with Gasteiger partial charge in [-0.2, -0.15) is 0 Å². The molecule has 0 saturated heterocycles. The van der Waals surface area contributed by atoms with E-state index in [2.05, 4.69) is 10.9 Å². The number of hydrazine groups is 1. The highest BCUT2D eigenvalue weighted by Crippen LogP contribution is 2.20. The maximum absolute atomic E-state index is 12.4. The molecule has 2 aromatic carbocycles. The van der Waals surface area contributed by atoms with Gasteiger partial charge in [-0.1, -0.05) is 36.4 Å². The summed E-state index contributed by atoms with van der Waals surface area (Å²) in [6, 6.07) is 14.9. The number of rotatable bonds is 4. The molecule has 25 heavy (non-hydrogen) atoms. The third-order valence-corrected chi connectivity index (χ3v) is 4.00. The number of fused-ring (bicyclic) bond motifs is 1. The summed E-state index contributed by atoms with van der Waals surface area (Å²) in [5.74, 6) is -0.0405. The lowest BCUT2D eigenvalue weighted by molar-refractivity contribution is -0.121. The normalized spacial score (nSPS) is 10.5. The van der Waals surface area contributed by atoms with Gasteiger partial charge in [0.15, 0.2) is 0 Å². The first-order valence-electron chi connectivity index (χ1n) is 7.85. The molecule has 1 heterocycles. The number of amides is 2. The van der Waals surface area contributed by atoms with E-state index in [9.17, 15) is 9.59 Å². The Morgan fingerprint density at radius 1 is 1.04 bits per heavy atom. The minimum absolute atomic E-state index is 0.111. The van der Waals surface area contributed by atoms with E-state index in [-0.39, 0.29) is 18.2 Å². The number of carbonyl (C=O) groups is 2. The second-order valence-corrected chi connectivity index (χ2v) is 5.66. The lowest BCUT2D eigenvalue weighted by Crippen LogP contribution is -2.42. The van der Waals surface area contributed by atoms with Crippen molar-refractivity contribution in [3.63, 3.8) is 0 Å². The zero-order valence-corrected chi connectivity index (χ0v) is 14.1. The first-order valence-corrected chi connectivity index (χ1v) is 7.85. The molecule has 0 unspecified atom stereocenters. The van der Waals surface area contributed by atoms with Gasteiger partial charge in [-0.15, -0.1) is 0 Å². The molecule has 2 amide bonds. The Morgan fingerprint density at radius 3 is 2.56 bits per heavy atom. The number of ether oxygens (including phenoxy) is 1. The van der Waals surface area contributed by atoms with E-state index in [1.165, 1.54) is 0 Å². The second-order valence-electron chi connectivity index (χ2n) is 5.66. The molecule has 0 bridgehead atoms. The van der Waals surface area contributed by atoms with Crippen molar-refractivity contribution in [2.45, 2.75) is 6.42 Å². The summed E-state index contributed by atoms with van der Waals surface area (Å²) in [6.07, 6.45) is 1.85. The summed E-state index contributed by atoms with van der Waals surface area (Å²) in [4.78, 5) is 24.5. The van der Waals surface area contributed by atoms with E-state index in [0.717, 1.165) is 16.5 Å². The van der Waals surface area contributed by atoms with Crippen LogP contribution in [0.3, 0.4) is 0 Å². The van der Waals surface area contributed by atoms with Crippen LogP contribution in [0.2, 0.25) is 0 Å². The highest BCUT2D eigenvalue weighted by Gasteiger charge is 2.15. The summed E-state index contributed by atoms with van der Waals surface area (Å²) in [6.45, 7) is 0. The summed E-state index contributed by atoms with van der Waals surface area (Å²) in [5.41, 5.74) is 7.13. The van der Waals surface area contributed by atoms with E-state index >= 15 is 0 Å². The second kappa shape index (κ2) is 7.09. The third kappa shape index (κ3) is 3.47. The number of benzene rings is 2. The molecule has 0 radical (unpaired) electrons. The Labute approximate surface area is 145 Å². The molecule has 0 aliphatic heterocycles. The van der Waals surface area contributed by atoms with Crippen LogP contribution in [0.5, 0.6) is 5.75 Å². The first-order chi connectivity index (χ1) is 12.1. The van der Waals surface area contributed by atoms with Gasteiger partial charge in [0.2, 0.25) is 5.91 Å². The molecule has 3 rings (SSSR count). The number of aryl methyl sites for hydroxylation is 1. The maximum atomic E-state index is 12.4. The number of methoxy groups -OCH3 is 1. The highest BCUT2D eigenvalue weighted by molar-refractivity contribution is 6.07. The van der Waals surface area contributed by atoms with Crippen molar-refractivity contribution in [2.24, 2.45) is 7.05 Å². The molecule has 6 heteroatoms. The molecule has 0 saturated carbocycles. The van der Waals surface area contributed by atoms with Crippen molar-refractivity contribution in [2.75, 3.05) is 7.11 Å². The molecular formula is C19H19N3O3. The number of nitrogens with one attached hydrogen (secondary N) is 2. The van der Waals surface area contributed by atoms with Crippen LogP contribution in [-0.2, 0) is 18.3 Å². The summed E-state index contributed by atoms with van der Waals surface area (Å²) < 4.78 is 7.10. The molecule has 0 fully saturated rings. The molecule has 0 spiro atoms. The van der Waals surface area contributed by atoms with Crippen LogP contribution < -0.4 is 15.6 Å². The van der Waals surface area contributed by atoms with Gasteiger partial charge < -0.3 is 9.30 Å². The number of hydrogen-bond acceptors (Lipinski definition) is 3. The molecule has 2 N–H and O–H groups in total. The number of hydrogen-bond donors (Lipinski definition) is 2. The lowest BCUT2D eigenvalue weighted by Gasteiger charge is -2.09. The Kier molecular flexibility index (Phi) is 4.70. The zero-order chi connectivity index (χ0) is 17.8. The van der Waals surface area contributed by atoms with Gasteiger partial charge in [-0.25, -0.2) is 0 Å². The van der Waals surface area contributed by atoms with E-state index in [4.69, 9.17) is 4.74 Å². The predicted molar refractivity (Wildman–Crippen MR) is 95.2 cm³/mol. The number of para-hydroxylation sites is 2. The Hall–Kier alpha value is -3.28. The van der Waals surface area contributed by atoms with Crippen molar-refractivity contribution in [3.05, 3.63) is 65.9 Å². The Morgan fingerprint density at radius 2 is 1.76 bits per heavy atom. The fraction of sp³-hybridized carbons (Fsp3) is 0.158. The van der Waals surface area contributed by atoms with E-state index < -0.39 is 0 Å². The fourth-order valence-corrected chi connectivity index (χ4v) is 2.78. The molecular weight excluding hydrogens is 318 g/mol. The van der Waals surface area contributed by atoms with Crippen LogP contribution in [0, 0.1) is 0 Å². The predicted octanol–water partition coefficient (Wildman–Crippen LogP) is 2.19. The van der Waals surface area contributed by atoms with Gasteiger partial charge in [0.25, 0.3) is 5.91 Å². The van der Waals surface area contributed by atoms with Crippen LogP contribution in [0.25, 0.3) is 10.9 Å². The molecule has 3 aromatic rings. The smallest absolute Gasteiger partial charge is 0.271 e. The number of nitrogens with zero attached hydrogens (tertiary/aromatic N) is 1. The van der Waals surface area contributed by atoms with Crippen LogP contribution >= 0.6 is 0 Å². The standard InChI is InChI=1S/C19H19N3O3/c1-22-12-15(14-8-4-5-9-16(14)22)19(24)21-20-18(23)11-13-7-3-6-10-17(13)25-2/h3-10,12H,11H2,1-2H3,(H,20,23)(H,21,24). The molecule has 0 atom stereocenters. The van der Waals surface area contributed by atoms with Gasteiger partial charge in [-0.05, 0) is 12.1 Å². The van der Waals surface area contributed by atoms with Gasteiger partial charge >= 0.3 is 0 Å². The number of carbonyl (C=O) groups excluding carboxylic acids is 2. The van der Waals surface area contributed by atoms with Crippen molar-refractivity contribution in [1.29, 1.82) is 0 Å². The number of aromatic nitrogens is 1. The average Bonchev–Trinajstić information content (AvgIpc) is 2.97. The largest absolute Gasteiger partial charge is 0.496 e. The monoisotopic (exact) mass is 337 g/mol. The molecule has 0 aliphatic rings. The first kappa shape index (κ1) is 16.6. The summed E-state index contributed by atoms with van der Waals surface area (Å²) >= 11 is 0. The highest BCUT2D eigenvalue weighted by atomic mass is 16.5.